The monoisotopic (exact) mass is 476 g/mol. The van der Waals surface area contributed by atoms with Crippen LogP contribution in [0.1, 0.15) is 47.1 Å². The minimum Gasteiger partial charge on any atom is -0.366 e. The summed E-state index contributed by atoms with van der Waals surface area (Å²) in [5.74, 6) is 0.535. The molecule has 2 amide bonds. The van der Waals surface area contributed by atoms with Crippen LogP contribution in [0.25, 0.3) is 11.1 Å². The van der Waals surface area contributed by atoms with E-state index in [2.05, 4.69) is 20.3 Å². The number of nitrogens with zero attached hydrogens (tertiary/aromatic N) is 6. The zero-order chi connectivity index (χ0) is 25.1. The molecule has 3 aromatic rings. The van der Waals surface area contributed by atoms with E-state index in [4.69, 9.17) is 10.7 Å². The lowest BCUT2D eigenvalue weighted by Gasteiger charge is -2.36. The highest BCUT2D eigenvalue weighted by Gasteiger charge is 2.30. The van der Waals surface area contributed by atoms with E-state index in [1.807, 2.05) is 45.1 Å². The number of aryl methyl sites for hydroxylation is 2. The molecule has 0 unspecified atom stereocenters. The van der Waals surface area contributed by atoms with Crippen molar-refractivity contribution < 1.29 is 9.59 Å². The van der Waals surface area contributed by atoms with Gasteiger partial charge in [0.25, 0.3) is 0 Å². The fourth-order valence-corrected chi connectivity index (χ4v) is 4.40. The topological polar surface area (TPSA) is 122 Å². The molecule has 35 heavy (non-hydrogen) atoms. The molecule has 0 aliphatic carbocycles. The number of hydrogen-bond acceptors (Lipinski definition) is 7. The number of carbonyl (C=O) groups excluding carboxylic acids is 2. The molecule has 0 spiro atoms. The Balaban J connectivity index is 1.67. The van der Waals surface area contributed by atoms with Crippen molar-refractivity contribution in [1.29, 1.82) is 0 Å². The number of carbonyl (C=O) groups is 2. The SMILES string of the molecule is Cc1cc(NC(=O)CN2CCCC[C@@H]2c2nc(N(C)C)ncc2-c2cccc(C(N)=O)c2)nn1C. The van der Waals surface area contributed by atoms with Gasteiger partial charge in [0.2, 0.25) is 17.8 Å². The number of piperidine rings is 1. The number of nitrogens with one attached hydrogen (secondary N) is 1. The van der Waals surface area contributed by atoms with Crippen molar-refractivity contribution in [1.82, 2.24) is 24.6 Å². The van der Waals surface area contributed by atoms with E-state index in [-0.39, 0.29) is 18.5 Å². The van der Waals surface area contributed by atoms with Crippen LogP contribution in [-0.4, -0.2) is 63.6 Å². The Kier molecular flexibility index (Phi) is 7.11. The third kappa shape index (κ3) is 5.48. The molecule has 0 saturated carbocycles. The molecule has 10 heteroatoms. The van der Waals surface area contributed by atoms with Crippen LogP contribution in [0.15, 0.2) is 36.5 Å². The predicted molar refractivity (Wildman–Crippen MR) is 135 cm³/mol. The Labute approximate surface area is 205 Å². The summed E-state index contributed by atoms with van der Waals surface area (Å²) in [5.41, 5.74) is 9.40. The van der Waals surface area contributed by atoms with Crippen LogP contribution in [0.3, 0.4) is 0 Å². The highest BCUT2D eigenvalue weighted by molar-refractivity contribution is 5.94. The van der Waals surface area contributed by atoms with E-state index < -0.39 is 5.91 Å². The van der Waals surface area contributed by atoms with Gasteiger partial charge in [-0.1, -0.05) is 18.6 Å². The van der Waals surface area contributed by atoms with Crippen LogP contribution < -0.4 is 16.0 Å². The minimum atomic E-state index is -0.486. The van der Waals surface area contributed by atoms with E-state index in [9.17, 15) is 9.59 Å². The summed E-state index contributed by atoms with van der Waals surface area (Å²) in [6, 6.07) is 8.96. The summed E-state index contributed by atoms with van der Waals surface area (Å²) in [6.07, 6.45) is 4.69. The molecule has 3 N–H and O–H groups in total. The molecule has 2 aromatic heterocycles. The number of rotatable bonds is 7. The van der Waals surface area contributed by atoms with Crippen molar-refractivity contribution in [2.45, 2.75) is 32.2 Å². The average molecular weight is 477 g/mol. The fraction of sp³-hybridized carbons (Fsp3) is 0.400. The van der Waals surface area contributed by atoms with Gasteiger partial charge in [-0.2, -0.15) is 5.10 Å². The number of primary amides is 1. The lowest BCUT2D eigenvalue weighted by Crippen LogP contribution is -2.40. The van der Waals surface area contributed by atoms with Crippen molar-refractivity contribution in [2.24, 2.45) is 12.8 Å². The number of aromatic nitrogens is 4. The zero-order valence-corrected chi connectivity index (χ0v) is 20.7. The molecule has 184 valence electrons. The van der Waals surface area contributed by atoms with Crippen molar-refractivity contribution in [2.75, 3.05) is 37.4 Å². The third-order valence-electron chi connectivity index (χ3n) is 6.32. The van der Waals surface area contributed by atoms with Gasteiger partial charge in [0, 0.05) is 50.2 Å². The highest BCUT2D eigenvalue weighted by atomic mass is 16.2. The van der Waals surface area contributed by atoms with Gasteiger partial charge in [-0.3, -0.25) is 19.2 Å². The second-order valence-corrected chi connectivity index (χ2v) is 9.13. The molecule has 10 nitrogen and oxygen atoms in total. The van der Waals surface area contributed by atoms with Gasteiger partial charge in [-0.25, -0.2) is 9.97 Å². The van der Waals surface area contributed by atoms with Crippen LogP contribution >= 0.6 is 0 Å². The number of anilines is 2. The number of hydrogen-bond donors (Lipinski definition) is 2. The van der Waals surface area contributed by atoms with Crippen molar-refractivity contribution in [3.8, 4) is 11.1 Å². The number of amides is 2. The van der Waals surface area contributed by atoms with Crippen molar-refractivity contribution in [3.63, 3.8) is 0 Å². The molecule has 1 saturated heterocycles. The maximum atomic E-state index is 12.9. The Hall–Kier alpha value is -3.79. The first-order valence-corrected chi connectivity index (χ1v) is 11.7. The van der Waals surface area contributed by atoms with Crippen LogP contribution in [0, 0.1) is 6.92 Å². The first kappa shape index (κ1) is 24.3. The maximum absolute atomic E-state index is 12.9. The van der Waals surface area contributed by atoms with Gasteiger partial charge < -0.3 is 16.0 Å². The van der Waals surface area contributed by atoms with Crippen LogP contribution in [0.4, 0.5) is 11.8 Å². The molecule has 1 aliphatic rings. The van der Waals surface area contributed by atoms with Crippen LogP contribution in [0.5, 0.6) is 0 Å². The van der Waals surface area contributed by atoms with E-state index in [0.29, 0.717) is 17.3 Å². The summed E-state index contributed by atoms with van der Waals surface area (Å²) in [4.78, 5) is 38.2. The fourth-order valence-electron chi connectivity index (χ4n) is 4.40. The summed E-state index contributed by atoms with van der Waals surface area (Å²) < 4.78 is 1.73. The van der Waals surface area contributed by atoms with Gasteiger partial charge in [0.05, 0.1) is 18.3 Å². The molecule has 4 rings (SSSR count). The maximum Gasteiger partial charge on any atom is 0.248 e. The molecule has 0 bridgehead atoms. The number of benzene rings is 1. The van der Waals surface area contributed by atoms with Gasteiger partial charge in [-0.05, 0) is 44.0 Å². The van der Waals surface area contributed by atoms with Gasteiger partial charge in [0.1, 0.15) is 0 Å². The molecule has 1 aromatic carbocycles. The molecule has 1 atom stereocenters. The predicted octanol–water partition coefficient (Wildman–Crippen LogP) is 2.52. The van der Waals surface area contributed by atoms with Gasteiger partial charge in [0.15, 0.2) is 5.82 Å². The lowest BCUT2D eigenvalue weighted by atomic mass is 9.93. The molecule has 0 radical (unpaired) electrons. The minimum absolute atomic E-state index is 0.0751. The van der Waals surface area contributed by atoms with E-state index in [1.54, 1.807) is 29.1 Å². The summed E-state index contributed by atoms with van der Waals surface area (Å²) in [6.45, 7) is 2.94. The average Bonchev–Trinajstić information content (AvgIpc) is 3.15. The lowest BCUT2D eigenvalue weighted by molar-refractivity contribution is -0.118. The zero-order valence-electron chi connectivity index (χ0n) is 20.7. The Bertz CT molecular complexity index is 1220. The summed E-state index contributed by atoms with van der Waals surface area (Å²) in [5, 5.41) is 7.24. The number of likely N-dealkylation sites (tertiary alicyclic amines) is 1. The first-order chi connectivity index (χ1) is 16.7. The molecule has 1 aliphatic heterocycles. The summed E-state index contributed by atoms with van der Waals surface area (Å²) in [7, 11) is 5.64. The Morgan fingerprint density at radius 1 is 1.23 bits per heavy atom. The van der Waals surface area contributed by atoms with Gasteiger partial charge >= 0.3 is 0 Å². The van der Waals surface area contributed by atoms with Crippen LogP contribution in [-0.2, 0) is 11.8 Å². The normalized spacial score (nSPS) is 16.2. The van der Waals surface area contributed by atoms with Crippen LogP contribution in [0.2, 0.25) is 0 Å². The molecule has 3 heterocycles. The second kappa shape index (κ2) is 10.2. The first-order valence-electron chi connectivity index (χ1n) is 11.7. The Morgan fingerprint density at radius 2 is 2.03 bits per heavy atom. The van der Waals surface area contributed by atoms with E-state index >= 15 is 0 Å². The standard InChI is InChI=1S/C25H32N8O2/c1-16-12-21(30-32(16)4)28-22(34)15-33-11-6-5-10-20(33)23-19(14-27-25(29-23)31(2)3)17-8-7-9-18(13-17)24(26)35/h7-9,12-14,20H,5-6,10-11,15H2,1-4H3,(H2,26,35)(H,28,30,34)/t20-/m1/s1. The Morgan fingerprint density at radius 3 is 2.71 bits per heavy atom. The number of nitrogens with two attached hydrogens (primary N) is 1. The van der Waals surface area contributed by atoms with E-state index in [1.165, 1.54) is 0 Å². The molecule has 1 fully saturated rings. The summed E-state index contributed by atoms with van der Waals surface area (Å²) >= 11 is 0. The largest absolute Gasteiger partial charge is 0.366 e. The van der Waals surface area contributed by atoms with Crippen molar-refractivity contribution >= 4 is 23.6 Å². The van der Waals surface area contributed by atoms with E-state index in [0.717, 1.165) is 48.3 Å². The van der Waals surface area contributed by atoms with Gasteiger partial charge in [-0.15, -0.1) is 0 Å². The smallest absolute Gasteiger partial charge is 0.248 e. The second-order valence-electron chi connectivity index (χ2n) is 9.13. The molecular weight excluding hydrogens is 444 g/mol. The third-order valence-corrected chi connectivity index (χ3v) is 6.32. The quantitative estimate of drug-likeness (QED) is 0.537. The van der Waals surface area contributed by atoms with Crippen molar-refractivity contribution in [3.05, 3.63) is 53.5 Å². The highest BCUT2D eigenvalue weighted by Crippen LogP contribution is 2.36. The molecular formula is C25H32N8O2.